The summed E-state index contributed by atoms with van der Waals surface area (Å²) in [5, 5.41) is 7.62. The van der Waals surface area contributed by atoms with Crippen molar-refractivity contribution in [2.75, 3.05) is 16.8 Å². The summed E-state index contributed by atoms with van der Waals surface area (Å²) in [5.74, 6) is 0.225. The van der Waals surface area contributed by atoms with Crippen molar-refractivity contribution in [3.05, 3.63) is 119 Å². The Labute approximate surface area is 295 Å². The van der Waals surface area contributed by atoms with E-state index in [2.05, 4.69) is 20.4 Å². The smallest absolute Gasteiger partial charge is 0.284 e. The van der Waals surface area contributed by atoms with Gasteiger partial charge in [0, 0.05) is 56.4 Å². The molecule has 0 spiro atoms. The molecule has 8 rings (SSSR count). The highest BCUT2D eigenvalue weighted by atomic mass is 19.1. The normalized spacial score (nSPS) is 13.1. The topological polar surface area (TPSA) is 142 Å². The van der Waals surface area contributed by atoms with E-state index in [1.54, 1.807) is 42.2 Å². The van der Waals surface area contributed by atoms with E-state index in [0.717, 1.165) is 29.7 Å². The summed E-state index contributed by atoms with van der Waals surface area (Å²) in [5.41, 5.74) is 3.50. The number of rotatable bonds is 8. The van der Waals surface area contributed by atoms with Crippen molar-refractivity contribution >= 4 is 34.3 Å². The minimum absolute atomic E-state index is 0.0823. The van der Waals surface area contributed by atoms with E-state index >= 15 is 0 Å². The highest BCUT2D eigenvalue weighted by molar-refractivity contribution is 6.05. The third-order valence-electron chi connectivity index (χ3n) is 8.89. The number of halogens is 1. The summed E-state index contributed by atoms with van der Waals surface area (Å²) in [4.78, 5) is 49.8. The van der Waals surface area contributed by atoms with Crippen LogP contribution in [0.2, 0.25) is 0 Å². The SMILES string of the molecule is Cn1cc(-c2oc3ncnc(Oc4ccc(NC(=O)c5cn(C)n(-c6ccc(F)cc6)c5=O)cc4)c3c2-c2cccc(N3CCCCC3=O)c2)cn1. The molecule has 1 aliphatic rings. The molecule has 260 valence electrons. The van der Waals surface area contributed by atoms with Gasteiger partial charge >= 0.3 is 0 Å². The van der Waals surface area contributed by atoms with Crippen LogP contribution in [0.5, 0.6) is 11.6 Å². The summed E-state index contributed by atoms with van der Waals surface area (Å²) < 4.78 is 30.5. The molecule has 1 N–H and O–H groups in total. The summed E-state index contributed by atoms with van der Waals surface area (Å²) in [6, 6.07) is 19.8. The summed E-state index contributed by atoms with van der Waals surface area (Å²) >= 11 is 0. The Hall–Kier alpha value is -6.83. The number of hydrogen-bond donors (Lipinski definition) is 1. The van der Waals surface area contributed by atoms with Crippen LogP contribution in [0.25, 0.3) is 39.2 Å². The van der Waals surface area contributed by atoms with Gasteiger partial charge in [0.25, 0.3) is 11.5 Å². The maximum absolute atomic E-state index is 13.4. The highest BCUT2D eigenvalue weighted by Crippen LogP contribution is 2.45. The van der Waals surface area contributed by atoms with Crippen molar-refractivity contribution in [2.24, 2.45) is 14.1 Å². The number of hydrogen-bond acceptors (Lipinski definition) is 8. The molecule has 2 amide bonds. The van der Waals surface area contributed by atoms with Crippen LogP contribution in [0.1, 0.15) is 29.6 Å². The molecular weight excluding hydrogens is 667 g/mol. The summed E-state index contributed by atoms with van der Waals surface area (Å²) in [6.45, 7) is 0.650. The Balaban J connectivity index is 1.10. The second-order valence-corrected chi connectivity index (χ2v) is 12.4. The molecule has 14 heteroatoms. The van der Waals surface area contributed by atoms with Crippen LogP contribution in [0.4, 0.5) is 15.8 Å². The first-order chi connectivity index (χ1) is 25.2. The van der Waals surface area contributed by atoms with Gasteiger partial charge in [-0.05, 0) is 79.1 Å². The lowest BCUT2D eigenvalue weighted by molar-refractivity contribution is -0.119. The van der Waals surface area contributed by atoms with Crippen LogP contribution in [0.3, 0.4) is 0 Å². The monoisotopic (exact) mass is 698 g/mol. The van der Waals surface area contributed by atoms with Gasteiger partial charge in [0.2, 0.25) is 17.5 Å². The van der Waals surface area contributed by atoms with E-state index in [9.17, 15) is 18.8 Å². The first-order valence-corrected chi connectivity index (χ1v) is 16.5. The second kappa shape index (κ2) is 13.1. The van der Waals surface area contributed by atoms with Crippen LogP contribution in [0, 0.1) is 5.82 Å². The number of nitrogens with zero attached hydrogens (tertiary/aromatic N) is 7. The second-order valence-electron chi connectivity index (χ2n) is 12.4. The molecule has 3 aromatic carbocycles. The average molecular weight is 699 g/mol. The standard InChI is InChI=1S/C38H31FN8O5/c1-44-20-24(19-42-44)34-32(23-6-5-7-28(18-23)46-17-4-3-8-31(46)48)33-36(40-22-41-37(33)52-34)51-29-15-11-26(12-16-29)43-35(49)30-21-45(2)47(38(30)50)27-13-9-25(39)10-14-27/h5-7,9-16,18-22H,3-4,8,17H2,1-2H3,(H,43,49). The Kier molecular flexibility index (Phi) is 8.18. The molecule has 1 saturated heterocycles. The number of piperidine rings is 1. The zero-order valence-electron chi connectivity index (χ0n) is 28.1. The zero-order chi connectivity index (χ0) is 35.9. The third-order valence-corrected chi connectivity index (χ3v) is 8.89. The first kappa shape index (κ1) is 32.4. The number of nitrogens with one attached hydrogen (secondary N) is 1. The number of aryl methyl sites for hydroxylation is 2. The minimum Gasteiger partial charge on any atom is -0.438 e. The Bertz CT molecular complexity index is 2530. The van der Waals surface area contributed by atoms with E-state index in [1.165, 1.54) is 46.2 Å². The number of carbonyl (C=O) groups excluding carboxylic acids is 2. The number of ether oxygens (including phenoxy) is 1. The van der Waals surface area contributed by atoms with Gasteiger partial charge < -0.3 is 19.4 Å². The van der Waals surface area contributed by atoms with E-state index in [4.69, 9.17) is 9.15 Å². The molecule has 7 aromatic rings. The highest BCUT2D eigenvalue weighted by Gasteiger charge is 2.26. The van der Waals surface area contributed by atoms with Gasteiger partial charge in [-0.3, -0.25) is 23.7 Å². The molecule has 1 aliphatic heterocycles. The van der Waals surface area contributed by atoms with Crippen molar-refractivity contribution in [1.29, 1.82) is 0 Å². The Morgan fingerprint density at radius 1 is 0.923 bits per heavy atom. The molecule has 4 aromatic heterocycles. The van der Waals surface area contributed by atoms with Crippen LogP contribution in [0.15, 0.2) is 107 Å². The minimum atomic E-state index is -0.605. The fourth-order valence-corrected chi connectivity index (χ4v) is 6.42. The maximum atomic E-state index is 13.4. The number of furan rings is 1. The fraction of sp³-hybridized carbons (Fsp3) is 0.158. The van der Waals surface area contributed by atoms with Crippen LogP contribution < -0.4 is 20.5 Å². The molecule has 1 fully saturated rings. The largest absolute Gasteiger partial charge is 0.438 e. The van der Waals surface area contributed by atoms with Crippen LogP contribution in [-0.4, -0.2) is 47.5 Å². The van der Waals surface area contributed by atoms with E-state index in [0.29, 0.717) is 52.5 Å². The molecule has 0 atom stereocenters. The van der Waals surface area contributed by atoms with Crippen LogP contribution in [-0.2, 0) is 18.9 Å². The van der Waals surface area contributed by atoms with Crippen molar-refractivity contribution in [3.63, 3.8) is 0 Å². The van der Waals surface area contributed by atoms with Gasteiger partial charge in [-0.15, -0.1) is 0 Å². The van der Waals surface area contributed by atoms with Gasteiger partial charge in [0.1, 0.15) is 34.6 Å². The van der Waals surface area contributed by atoms with Crippen molar-refractivity contribution < 1.29 is 23.1 Å². The van der Waals surface area contributed by atoms with E-state index in [-0.39, 0.29) is 17.4 Å². The molecule has 0 radical (unpaired) electrons. The van der Waals surface area contributed by atoms with Crippen molar-refractivity contribution in [2.45, 2.75) is 19.3 Å². The van der Waals surface area contributed by atoms with Crippen molar-refractivity contribution in [1.82, 2.24) is 29.1 Å². The summed E-state index contributed by atoms with van der Waals surface area (Å²) in [6.07, 6.45) is 8.64. The van der Waals surface area contributed by atoms with Crippen molar-refractivity contribution in [3.8, 4) is 39.8 Å². The average Bonchev–Trinajstić information content (AvgIpc) is 3.84. The van der Waals surface area contributed by atoms with Crippen LogP contribution >= 0.6 is 0 Å². The summed E-state index contributed by atoms with van der Waals surface area (Å²) in [7, 11) is 3.44. The van der Waals surface area contributed by atoms with Gasteiger partial charge in [-0.2, -0.15) is 5.10 Å². The lowest BCUT2D eigenvalue weighted by Crippen LogP contribution is -2.35. The van der Waals surface area contributed by atoms with Gasteiger partial charge in [0.05, 0.1) is 17.4 Å². The zero-order valence-corrected chi connectivity index (χ0v) is 28.1. The Morgan fingerprint density at radius 2 is 1.73 bits per heavy atom. The number of benzene rings is 3. The number of anilines is 2. The number of amides is 2. The predicted octanol–water partition coefficient (Wildman–Crippen LogP) is 6.48. The van der Waals surface area contributed by atoms with E-state index in [1.807, 2.05) is 42.4 Å². The van der Waals surface area contributed by atoms with Gasteiger partial charge in [-0.1, -0.05) is 12.1 Å². The molecule has 0 bridgehead atoms. The molecule has 0 aliphatic carbocycles. The predicted molar refractivity (Wildman–Crippen MR) is 191 cm³/mol. The lowest BCUT2D eigenvalue weighted by atomic mass is 9.99. The first-order valence-electron chi connectivity index (χ1n) is 16.5. The van der Waals surface area contributed by atoms with Gasteiger partial charge in [-0.25, -0.2) is 19.0 Å². The fourth-order valence-electron chi connectivity index (χ4n) is 6.42. The van der Waals surface area contributed by atoms with E-state index < -0.39 is 17.3 Å². The number of aromatic nitrogens is 6. The molecule has 5 heterocycles. The maximum Gasteiger partial charge on any atom is 0.284 e. The number of carbonyl (C=O) groups is 2. The molecular formula is C38H31FN8O5. The molecule has 13 nitrogen and oxygen atoms in total. The third kappa shape index (κ3) is 5.99. The van der Waals surface area contributed by atoms with Gasteiger partial charge in [0.15, 0.2) is 0 Å². The Morgan fingerprint density at radius 3 is 2.48 bits per heavy atom. The molecule has 0 saturated carbocycles. The molecule has 52 heavy (non-hydrogen) atoms. The lowest BCUT2D eigenvalue weighted by Gasteiger charge is -2.27. The quantitative estimate of drug-likeness (QED) is 0.190. The number of fused-ring (bicyclic) bond motifs is 1. The molecule has 0 unspecified atom stereocenters.